The predicted molar refractivity (Wildman–Crippen MR) is 132 cm³/mol. The summed E-state index contributed by atoms with van der Waals surface area (Å²) in [6.07, 6.45) is 0.417. The van der Waals surface area contributed by atoms with Gasteiger partial charge in [0.2, 0.25) is 5.78 Å². The van der Waals surface area contributed by atoms with Crippen LogP contribution in [-0.2, 0) is 4.74 Å². The number of pyridine rings is 1. The molecule has 2 aromatic heterocycles. The Morgan fingerprint density at radius 1 is 1.23 bits per heavy atom. The quantitative estimate of drug-likeness (QED) is 0.278. The van der Waals surface area contributed by atoms with Crippen molar-refractivity contribution in [3.63, 3.8) is 0 Å². The summed E-state index contributed by atoms with van der Waals surface area (Å²) in [5.74, 6) is -2.28. The highest BCUT2D eigenvalue weighted by Crippen LogP contribution is 2.38. The van der Waals surface area contributed by atoms with Crippen LogP contribution in [0.4, 0.5) is 14.9 Å². The fourth-order valence-corrected chi connectivity index (χ4v) is 3.99. The second-order valence-corrected chi connectivity index (χ2v) is 9.32. The molecule has 2 heterocycles. The van der Waals surface area contributed by atoms with Crippen molar-refractivity contribution in [1.29, 1.82) is 0 Å². The first-order valence-electron chi connectivity index (χ1n) is 10.4. The third-order valence-corrected chi connectivity index (χ3v) is 5.61. The second-order valence-electron chi connectivity index (χ2n) is 8.35. The Hall–Kier alpha value is -2.94. The molecule has 1 unspecified atom stereocenters. The van der Waals surface area contributed by atoms with Crippen LogP contribution in [0.15, 0.2) is 22.7 Å². The van der Waals surface area contributed by atoms with Gasteiger partial charge >= 0.3 is 6.09 Å². The molecule has 0 saturated carbocycles. The number of carbonyl (C=O) groups excluding carboxylic acids is 2. The third kappa shape index (κ3) is 5.34. The molecular formula is C23H25ClFN2O7P. The van der Waals surface area contributed by atoms with E-state index in [2.05, 4.69) is 14.2 Å². The number of hydrogen-bond acceptors (Lipinski definition) is 8. The number of benzene rings is 1. The number of fused-ring (bicyclic) bond motifs is 1. The Morgan fingerprint density at radius 3 is 2.46 bits per heavy atom. The van der Waals surface area contributed by atoms with E-state index >= 15 is 4.39 Å². The number of amides is 1. The fourth-order valence-electron chi connectivity index (χ4n) is 3.38. The van der Waals surface area contributed by atoms with E-state index in [4.69, 9.17) is 30.2 Å². The van der Waals surface area contributed by atoms with Crippen LogP contribution >= 0.6 is 20.8 Å². The van der Waals surface area contributed by atoms with Gasteiger partial charge in [0.25, 0.3) is 0 Å². The minimum Gasteiger partial charge on any atom is -0.496 e. The summed E-state index contributed by atoms with van der Waals surface area (Å²) in [5.41, 5.74) is -1.23. The van der Waals surface area contributed by atoms with Gasteiger partial charge in [-0.2, -0.15) is 0 Å². The Kier molecular flexibility index (Phi) is 7.89. The molecule has 35 heavy (non-hydrogen) atoms. The van der Waals surface area contributed by atoms with E-state index in [0.717, 1.165) is 4.90 Å². The van der Waals surface area contributed by atoms with Crippen LogP contribution in [0.5, 0.6) is 11.5 Å². The van der Waals surface area contributed by atoms with Crippen LogP contribution in [0, 0.1) is 5.82 Å². The van der Waals surface area contributed by atoms with E-state index in [0.29, 0.717) is 0 Å². The van der Waals surface area contributed by atoms with Gasteiger partial charge in [-0.1, -0.05) is 11.6 Å². The minimum atomic E-state index is -0.947. The summed E-state index contributed by atoms with van der Waals surface area (Å²) >= 11 is 6.08. The van der Waals surface area contributed by atoms with Crippen molar-refractivity contribution in [2.75, 3.05) is 32.3 Å². The zero-order chi connectivity index (χ0) is 26.1. The molecular weight excluding hydrogens is 502 g/mol. The van der Waals surface area contributed by atoms with Gasteiger partial charge in [-0.25, -0.2) is 14.2 Å². The summed E-state index contributed by atoms with van der Waals surface area (Å²) in [6, 6.07) is 2.70. The molecule has 12 heteroatoms. The number of carbonyl (C=O) groups is 2. The van der Waals surface area contributed by atoms with Crippen LogP contribution < -0.4 is 19.7 Å². The van der Waals surface area contributed by atoms with Gasteiger partial charge in [0.15, 0.2) is 22.9 Å². The number of aliphatic hydroxyl groups is 1. The van der Waals surface area contributed by atoms with Crippen molar-refractivity contribution in [2.45, 2.75) is 26.4 Å². The van der Waals surface area contributed by atoms with E-state index < -0.39 is 35.5 Å². The molecule has 3 rings (SSSR count). The molecule has 1 aromatic carbocycles. The van der Waals surface area contributed by atoms with Crippen LogP contribution in [0.25, 0.3) is 11.0 Å². The topological polar surface area (TPSA) is 111 Å². The van der Waals surface area contributed by atoms with Gasteiger partial charge in [-0.05, 0) is 26.8 Å². The molecule has 0 aliphatic carbocycles. The zero-order valence-corrected chi connectivity index (χ0v) is 21.7. The number of ether oxygens (including phenoxy) is 3. The first-order chi connectivity index (χ1) is 16.4. The number of ketones is 1. The summed E-state index contributed by atoms with van der Waals surface area (Å²) in [5, 5.41) is 10.1. The molecule has 1 amide bonds. The largest absolute Gasteiger partial charge is 0.496 e. The smallest absolute Gasteiger partial charge is 0.415 e. The molecule has 0 bridgehead atoms. The van der Waals surface area contributed by atoms with Crippen LogP contribution in [0.2, 0.25) is 5.15 Å². The highest BCUT2D eigenvalue weighted by atomic mass is 35.5. The standard InChI is InChI=1S/C23H25ClFN2O7P/c1-23(2,3)34-22(30)27(6-7-28)18-11-8-15(24)26-10-14(11)33-20(18)19(29)16-17(25)12(31-4)9-13(32-5)21(16)35/h8-10,28H,6-7,35H2,1-5H3. The number of nitrogens with zero attached hydrogens (tertiary/aromatic N) is 2. The van der Waals surface area contributed by atoms with Gasteiger partial charge in [0.05, 0.1) is 39.1 Å². The van der Waals surface area contributed by atoms with E-state index in [9.17, 15) is 14.7 Å². The van der Waals surface area contributed by atoms with Gasteiger partial charge in [-0.3, -0.25) is 9.69 Å². The van der Waals surface area contributed by atoms with Crippen molar-refractivity contribution < 1.29 is 37.7 Å². The monoisotopic (exact) mass is 526 g/mol. The first-order valence-corrected chi connectivity index (χ1v) is 11.3. The molecule has 9 nitrogen and oxygen atoms in total. The maximum Gasteiger partial charge on any atom is 0.415 e. The maximum absolute atomic E-state index is 15.3. The van der Waals surface area contributed by atoms with Crippen molar-refractivity contribution in [3.8, 4) is 11.5 Å². The number of methoxy groups -OCH3 is 2. The number of aliphatic hydroxyl groups excluding tert-OH is 1. The number of furan rings is 1. The molecule has 1 atom stereocenters. The van der Waals surface area contributed by atoms with E-state index in [1.165, 1.54) is 32.5 Å². The summed E-state index contributed by atoms with van der Waals surface area (Å²) in [7, 11) is 4.88. The van der Waals surface area contributed by atoms with E-state index in [1.807, 2.05) is 0 Å². The lowest BCUT2D eigenvalue weighted by Gasteiger charge is -2.27. The Balaban J connectivity index is 2.32. The SMILES string of the molecule is COc1cc(OC)c(P)c(C(=O)c2oc3cnc(Cl)cc3c2N(CCO)C(=O)OC(C)(C)C)c1F. The van der Waals surface area contributed by atoms with Crippen molar-refractivity contribution in [1.82, 2.24) is 4.98 Å². The Morgan fingerprint density at radius 2 is 1.89 bits per heavy atom. The summed E-state index contributed by atoms with van der Waals surface area (Å²) < 4.78 is 36.9. The lowest BCUT2D eigenvalue weighted by atomic mass is 10.0. The molecule has 1 N–H and O–H groups in total. The molecule has 0 fully saturated rings. The molecule has 0 aliphatic heterocycles. The second kappa shape index (κ2) is 10.4. The number of rotatable bonds is 7. The molecule has 0 spiro atoms. The molecule has 3 aromatic rings. The van der Waals surface area contributed by atoms with Crippen LogP contribution in [0.1, 0.15) is 36.9 Å². The predicted octanol–water partition coefficient (Wildman–Crippen LogP) is 4.10. The van der Waals surface area contributed by atoms with Gasteiger partial charge in [0, 0.05) is 16.8 Å². The molecule has 188 valence electrons. The number of halogens is 2. The Labute approximate surface area is 208 Å². The highest BCUT2D eigenvalue weighted by Gasteiger charge is 2.34. The number of hydrogen-bond donors (Lipinski definition) is 1. The van der Waals surface area contributed by atoms with Gasteiger partial charge < -0.3 is 23.7 Å². The van der Waals surface area contributed by atoms with E-state index in [-0.39, 0.29) is 50.9 Å². The van der Waals surface area contributed by atoms with Crippen molar-refractivity contribution in [2.24, 2.45) is 0 Å². The van der Waals surface area contributed by atoms with Crippen LogP contribution in [-0.4, -0.2) is 54.9 Å². The molecule has 0 radical (unpaired) electrons. The average Bonchev–Trinajstić information content (AvgIpc) is 3.14. The van der Waals surface area contributed by atoms with Crippen molar-refractivity contribution in [3.05, 3.63) is 40.6 Å². The highest BCUT2D eigenvalue weighted by molar-refractivity contribution is 7.28. The molecule has 0 aliphatic rings. The lowest BCUT2D eigenvalue weighted by Crippen LogP contribution is -2.39. The lowest BCUT2D eigenvalue weighted by molar-refractivity contribution is 0.0573. The van der Waals surface area contributed by atoms with Crippen LogP contribution in [0.3, 0.4) is 0 Å². The number of aromatic nitrogens is 1. The first kappa shape index (κ1) is 26.7. The minimum absolute atomic E-state index is 0.0526. The van der Waals surface area contributed by atoms with Gasteiger partial charge in [0.1, 0.15) is 22.2 Å². The zero-order valence-electron chi connectivity index (χ0n) is 19.8. The normalized spacial score (nSPS) is 11.5. The summed E-state index contributed by atoms with van der Waals surface area (Å²) in [4.78, 5) is 31.8. The fraction of sp³-hybridized carbons (Fsp3) is 0.348. The number of anilines is 1. The van der Waals surface area contributed by atoms with E-state index in [1.54, 1.807) is 20.8 Å². The van der Waals surface area contributed by atoms with Crippen molar-refractivity contribution >= 4 is 54.7 Å². The Bertz CT molecular complexity index is 1260. The maximum atomic E-state index is 15.3. The molecule has 0 saturated heterocycles. The van der Waals surface area contributed by atoms with Gasteiger partial charge in [-0.15, -0.1) is 9.24 Å². The average molecular weight is 527 g/mol. The summed E-state index contributed by atoms with van der Waals surface area (Å²) in [6.45, 7) is 4.29. The third-order valence-electron chi connectivity index (χ3n) is 4.83.